The first-order valence-electron chi connectivity index (χ1n) is 10.9. The quantitative estimate of drug-likeness (QED) is 0.659. The van der Waals surface area contributed by atoms with Gasteiger partial charge in [0.1, 0.15) is 5.54 Å². The van der Waals surface area contributed by atoms with Crippen LogP contribution in [-0.2, 0) is 16.9 Å². The van der Waals surface area contributed by atoms with Crippen molar-refractivity contribution in [3.63, 3.8) is 0 Å². The molecule has 1 fully saturated rings. The maximum absolute atomic E-state index is 13.9. The molecule has 2 heterocycles. The molecule has 1 aliphatic heterocycles. The standard InChI is InChI=1S/C26H30N4O/c1-26(23-11-4-2-5-12-23,28-24-13-6-3-7-14-24)25(31)30-17-9-16-29(18-19-30)21-22-10-8-15-27-20-22/h2-8,10-15,20,28H,9,16-19,21H2,1H3. The Bertz CT molecular complexity index is 964. The van der Waals surface area contributed by atoms with E-state index in [4.69, 9.17) is 0 Å². The smallest absolute Gasteiger partial charge is 0.252 e. The Balaban J connectivity index is 1.51. The fraction of sp³-hybridized carbons (Fsp3) is 0.308. The second kappa shape index (κ2) is 9.75. The molecule has 160 valence electrons. The Morgan fingerprint density at radius 1 is 0.935 bits per heavy atom. The summed E-state index contributed by atoms with van der Waals surface area (Å²) >= 11 is 0. The highest BCUT2D eigenvalue weighted by atomic mass is 16.2. The van der Waals surface area contributed by atoms with E-state index < -0.39 is 5.54 Å². The number of para-hydroxylation sites is 1. The van der Waals surface area contributed by atoms with Crippen LogP contribution < -0.4 is 5.32 Å². The lowest BCUT2D eigenvalue weighted by molar-refractivity contribution is -0.135. The van der Waals surface area contributed by atoms with Gasteiger partial charge in [-0.3, -0.25) is 14.7 Å². The van der Waals surface area contributed by atoms with Crippen LogP contribution in [0.5, 0.6) is 0 Å². The number of carbonyl (C=O) groups excluding carboxylic acids is 1. The number of nitrogens with one attached hydrogen (secondary N) is 1. The number of hydrogen-bond acceptors (Lipinski definition) is 4. The van der Waals surface area contributed by atoms with E-state index in [1.54, 1.807) is 6.20 Å². The van der Waals surface area contributed by atoms with Crippen molar-refractivity contribution in [3.05, 3.63) is 96.3 Å². The van der Waals surface area contributed by atoms with E-state index in [0.29, 0.717) is 0 Å². The van der Waals surface area contributed by atoms with E-state index in [1.807, 2.05) is 84.8 Å². The number of hydrogen-bond donors (Lipinski definition) is 1. The van der Waals surface area contributed by atoms with Gasteiger partial charge in [0, 0.05) is 50.8 Å². The van der Waals surface area contributed by atoms with Gasteiger partial charge >= 0.3 is 0 Å². The van der Waals surface area contributed by atoms with Gasteiger partial charge in [0.05, 0.1) is 0 Å². The lowest BCUT2D eigenvalue weighted by Gasteiger charge is -2.36. The maximum Gasteiger partial charge on any atom is 0.252 e. The Morgan fingerprint density at radius 3 is 2.39 bits per heavy atom. The summed E-state index contributed by atoms with van der Waals surface area (Å²) in [6, 6.07) is 24.1. The lowest BCUT2D eigenvalue weighted by Crippen LogP contribution is -2.50. The minimum absolute atomic E-state index is 0.116. The van der Waals surface area contributed by atoms with E-state index >= 15 is 0 Å². The molecule has 1 aliphatic rings. The molecular weight excluding hydrogens is 384 g/mol. The van der Waals surface area contributed by atoms with Crippen molar-refractivity contribution >= 4 is 11.6 Å². The predicted molar refractivity (Wildman–Crippen MR) is 125 cm³/mol. The Labute approximate surface area is 184 Å². The molecule has 31 heavy (non-hydrogen) atoms. The molecule has 0 radical (unpaired) electrons. The summed E-state index contributed by atoms with van der Waals surface area (Å²) in [6.45, 7) is 6.19. The van der Waals surface area contributed by atoms with Crippen molar-refractivity contribution in [1.82, 2.24) is 14.8 Å². The van der Waals surface area contributed by atoms with Crippen LogP contribution in [0.3, 0.4) is 0 Å². The van der Waals surface area contributed by atoms with Crippen molar-refractivity contribution in [2.24, 2.45) is 0 Å². The third kappa shape index (κ3) is 5.12. The van der Waals surface area contributed by atoms with Crippen LogP contribution in [0, 0.1) is 0 Å². The molecule has 1 N–H and O–H groups in total. The molecule has 1 saturated heterocycles. The summed E-state index contributed by atoms with van der Waals surface area (Å²) < 4.78 is 0. The molecule has 0 bridgehead atoms. The SMILES string of the molecule is CC(Nc1ccccc1)(C(=O)N1CCCN(Cc2cccnc2)CC1)c1ccccc1. The molecule has 5 heteroatoms. The zero-order valence-electron chi connectivity index (χ0n) is 18.1. The monoisotopic (exact) mass is 414 g/mol. The van der Waals surface area contributed by atoms with Crippen LogP contribution >= 0.6 is 0 Å². The van der Waals surface area contributed by atoms with Gasteiger partial charge in [-0.05, 0) is 42.7 Å². The molecule has 2 aromatic carbocycles. The number of carbonyl (C=O) groups is 1. The molecule has 4 rings (SSSR count). The predicted octanol–water partition coefficient (Wildman–Crippen LogP) is 4.14. The largest absolute Gasteiger partial charge is 0.368 e. The Hall–Kier alpha value is -3.18. The fourth-order valence-corrected chi connectivity index (χ4v) is 4.23. The normalized spacial score (nSPS) is 16.9. The van der Waals surface area contributed by atoms with Crippen LogP contribution in [0.2, 0.25) is 0 Å². The summed E-state index contributed by atoms with van der Waals surface area (Å²) in [5, 5.41) is 3.53. The first kappa shape index (κ1) is 21.1. The Kier molecular flexibility index (Phi) is 6.63. The van der Waals surface area contributed by atoms with Gasteiger partial charge in [0.2, 0.25) is 0 Å². The van der Waals surface area contributed by atoms with E-state index in [9.17, 15) is 4.79 Å². The maximum atomic E-state index is 13.9. The van der Waals surface area contributed by atoms with Crippen LogP contribution in [0.4, 0.5) is 5.69 Å². The average molecular weight is 415 g/mol. The highest BCUT2D eigenvalue weighted by Gasteiger charge is 2.38. The van der Waals surface area contributed by atoms with E-state index in [-0.39, 0.29) is 5.91 Å². The second-order valence-corrected chi connectivity index (χ2v) is 8.27. The van der Waals surface area contributed by atoms with Gasteiger partial charge in [-0.1, -0.05) is 54.6 Å². The highest BCUT2D eigenvalue weighted by molar-refractivity contribution is 5.90. The molecule has 0 aliphatic carbocycles. The van der Waals surface area contributed by atoms with Crippen LogP contribution in [0.25, 0.3) is 0 Å². The highest BCUT2D eigenvalue weighted by Crippen LogP contribution is 2.29. The summed E-state index contributed by atoms with van der Waals surface area (Å²) in [7, 11) is 0. The van der Waals surface area contributed by atoms with E-state index in [0.717, 1.165) is 50.4 Å². The average Bonchev–Trinajstić information content (AvgIpc) is 3.06. The summed E-state index contributed by atoms with van der Waals surface area (Å²) in [5.74, 6) is 0.116. The number of benzene rings is 2. The first-order chi connectivity index (χ1) is 15.1. The molecule has 1 unspecified atom stereocenters. The van der Waals surface area contributed by atoms with Crippen molar-refractivity contribution in [1.29, 1.82) is 0 Å². The molecule has 0 saturated carbocycles. The minimum Gasteiger partial charge on any atom is -0.368 e. The number of amides is 1. The van der Waals surface area contributed by atoms with Crippen molar-refractivity contribution in [2.45, 2.75) is 25.4 Å². The number of rotatable bonds is 6. The van der Waals surface area contributed by atoms with Gasteiger partial charge in [-0.2, -0.15) is 0 Å². The third-order valence-electron chi connectivity index (χ3n) is 5.95. The van der Waals surface area contributed by atoms with Crippen molar-refractivity contribution in [2.75, 3.05) is 31.5 Å². The summed E-state index contributed by atoms with van der Waals surface area (Å²) in [6.07, 6.45) is 4.68. The lowest BCUT2D eigenvalue weighted by atomic mass is 9.89. The van der Waals surface area contributed by atoms with Crippen molar-refractivity contribution < 1.29 is 4.79 Å². The molecule has 1 aromatic heterocycles. The van der Waals surface area contributed by atoms with Gasteiger partial charge in [-0.25, -0.2) is 0 Å². The van der Waals surface area contributed by atoms with Crippen LogP contribution in [-0.4, -0.2) is 46.9 Å². The number of anilines is 1. The van der Waals surface area contributed by atoms with Crippen LogP contribution in [0.1, 0.15) is 24.5 Å². The van der Waals surface area contributed by atoms with Crippen molar-refractivity contribution in [3.8, 4) is 0 Å². The second-order valence-electron chi connectivity index (χ2n) is 8.27. The van der Waals surface area contributed by atoms with Gasteiger partial charge in [0.25, 0.3) is 5.91 Å². The topological polar surface area (TPSA) is 48.5 Å². The fourth-order valence-electron chi connectivity index (χ4n) is 4.23. The van der Waals surface area contributed by atoms with Gasteiger partial charge in [-0.15, -0.1) is 0 Å². The number of aromatic nitrogens is 1. The summed E-state index contributed by atoms with van der Waals surface area (Å²) in [5.41, 5.74) is 2.29. The molecule has 5 nitrogen and oxygen atoms in total. The van der Waals surface area contributed by atoms with Gasteiger partial charge in [0.15, 0.2) is 0 Å². The third-order valence-corrected chi connectivity index (χ3v) is 5.95. The number of pyridine rings is 1. The zero-order chi connectivity index (χ0) is 21.5. The zero-order valence-corrected chi connectivity index (χ0v) is 18.1. The minimum atomic E-state index is -0.832. The molecule has 3 aromatic rings. The first-order valence-corrected chi connectivity index (χ1v) is 10.9. The Morgan fingerprint density at radius 2 is 1.68 bits per heavy atom. The molecular formula is C26H30N4O. The molecule has 0 spiro atoms. The van der Waals surface area contributed by atoms with Crippen LogP contribution in [0.15, 0.2) is 85.2 Å². The number of nitrogens with zero attached hydrogens (tertiary/aromatic N) is 3. The molecule has 1 amide bonds. The molecule has 1 atom stereocenters. The summed E-state index contributed by atoms with van der Waals surface area (Å²) in [4.78, 5) is 22.5. The van der Waals surface area contributed by atoms with E-state index in [2.05, 4.69) is 21.3 Å². The van der Waals surface area contributed by atoms with Gasteiger partial charge < -0.3 is 10.2 Å². The van der Waals surface area contributed by atoms with E-state index in [1.165, 1.54) is 5.56 Å².